The fourth-order valence-corrected chi connectivity index (χ4v) is 3.39. The van der Waals surface area contributed by atoms with E-state index in [0.717, 1.165) is 24.3 Å². The minimum atomic E-state index is 0.0867. The zero-order chi connectivity index (χ0) is 15.1. The second kappa shape index (κ2) is 8.11. The summed E-state index contributed by atoms with van der Waals surface area (Å²) in [7, 11) is 0. The minimum absolute atomic E-state index is 0.0867. The molecule has 2 rings (SSSR count). The third-order valence-corrected chi connectivity index (χ3v) is 4.69. The van der Waals surface area contributed by atoms with Crippen molar-refractivity contribution in [1.29, 1.82) is 0 Å². The van der Waals surface area contributed by atoms with Crippen molar-refractivity contribution < 1.29 is 9.59 Å². The maximum atomic E-state index is 12.2. The Labute approximate surface area is 127 Å². The lowest BCUT2D eigenvalue weighted by molar-refractivity contribution is -0.124. The van der Waals surface area contributed by atoms with Crippen LogP contribution < -0.4 is 0 Å². The zero-order valence-corrected chi connectivity index (χ0v) is 13.0. The second-order valence-corrected chi connectivity index (χ2v) is 6.26. The number of benzene rings is 1. The molecule has 0 saturated heterocycles. The monoisotopic (exact) mass is 286 g/mol. The van der Waals surface area contributed by atoms with Crippen LogP contribution in [0.25, 0.3) is 0 Å². The summed E-state index contributed by atoms with van der Waals surface area (Å²) in [5.74, 6) is 1.42. The molecule has 21 heavy (non-hydrogen) atoms. The molecule has 1 aliphatic rings. The van der Waals surface area contributed by atoms with Gasteiger partial charge in [0.2, 0.25) is 0 Å². The lowest BCUT2D eigenvalue weighted by Crippen LogP contribution is -2.22. The fraction of sp³-hybridized carbons (Fsp3) is 0.579. The van der Waals surface area contributed by atoms with Gasteiger partial charge in [-0.25, -0.2) is 0 Å². The largest absolute Gasteiger partial charge is 0.299 e. The smallest absolute Gasteiger partial charge is 0.163 e. The van der Waals surface area contributed by atoms with E-state index in [4.69, 9.17) is 0 Å². The van der Waals surface area contributed by atoms with Crippen LogP contribution in [0.1, 0.15) is 68.6 Å². The highest BCUT2D eigenvalue weighted by Crippen LogP contribution is 2.32. The van der Waals surface area contributed by atoms with Crippen molar-refractivity contribution in [1.82, 2.24) is 0 Å². The molecule has 114 valence electrons. The predicted molar refractivity (Wildman–Crippen MR) is 85.4 cm³/mol. The summed E-state index contributed by atoms with van der Waals surface area (Å²) >= 11 is 0. The maximum absolute atomic E-state index is 12.2. The van der Waals surface area contributed by atoms with Crippen molar-refractivity contribution in [3.05, 3.63) is 35.9 Å². The van der Waals surface area contributed by atoms with E-state index in [-0.39, 0.29) is 11.7 Å². The molecule has 1 aromatic rings. The molecule has 0 N–H and O–H groups in total. The molecule has 0 unspecified atom stereocenters. The summed E-state index contributed by atoms with van der Waals surface area (Å²) in [5.41, 5.74) is 0.719. The quantitative estimate of drug-likeness (QED) is 0.673. The fourth-order valence-electron chi connectivity index (χ4n) is 3.39. The molecule has 0 bridgehead atoms. The van der Waals surface area contributed by atoms with Crippen LogP contribution in [-0.4, -0.2) is 11.6 Å². The van der Waals surface area contributed by atoms with Crippen molar-refractivity contribution in [3.8, 4) is 0 Å². The highest BCUT2D eigenvalue weighted by molar-refractivity contribution is 5.98. The molecular formula is C19H26O2. The van der Waals surface area contributed by atoms with Crippen LogP contribution >= 0.6 is 0 Å². The van der Waals surface area contributed by atoms with Gasteiger partial charge in [0, 0.05) is 24.3 Å². The van der Waals surface area contributed by atoms with Crippen LogP contribution in [0.4, 0.5) is 0 Å². The number of hydrogen-bond acceptors (Lipinski definition) is 2. The van der Waals surface area contributed by atoms with E-state index >= 15 is 0 Å². The maximum Gasteiger partial charge on any atom is 0.163 e. The molecule has 0 aliphatic heterocycles. The molecule has 1 aliphatic carbocycles. The summed E-state index contributed by atoms with van der Waals surface area (Å²) < 4.78 is 0. The van der Waals surface area contributed by atoms with Gasteiger partial charge in [0.15, 0.2) is 5.78 Å². The van der Waals surface area contributed by atoms with Gasteiger partial charge < -0.3 is 0 Å². The summed E-state index contributed by atoms with van der Waals surface area (Å²) in [5, 5.41) is 0. The van der Waals surface area contributed by atoms with E-state index in [1.165, 1.54) is 25.7 Å². The Kier molecular flexibility index (Phi) is 6.16. The molecule has 2 heteroatoms. The predicted octanol–water partition coefficient (Wildman–Crippen LogP) is 4.83. The number of ketones is 2. The van der Waals surface area contributed by atoms with E-state index in [1.54, 1.807) is 0 Å². The van der Waals surface area contributed by atoms with Crippen molar-refractivity contribution in [2.45, 2.75) is 58.3 Å². The number of Topliss-reactive ketones (excluding diaryl/α,β-unsaturated/α-hetero) is 2. The van der Waals surface area contributed by atoms with E-state index in [0.29, 0.717) is 18.6 Å². The number of hydrogen-bond donors (Lipinski definition) is 0. The molecule has 0 radical (unpaired) electrons. The molecule has 0 aromatic heterocycles. The molecule has 0 amide bonds. The Morgan fingerprint density at radius 3 is 2.29 bits per heavy atom. The Hall–Kier alpha value is -1.44. The molecule has 0 spiro atoms. The first kappa shape index (κ1) is 15.9. The molecule has 1 aromatic carbocycles. The average Bonchev–Trinajstić information content (AvgIpc) is 2.54. The van der Waals surface area contributed by atoms with E-state index < -0.39 is 0 Å². The second-order valence-electron chi connectivity index (χ2n) is 6.26. The van der Waals surface area contributed by atoms with Crippen LogP contribution in [0.2, 0.25) is 0 Å². The molecule has 1 fully saturated rings. The van der Waals surface area contributed by atoms with Crippen LogP contribution in [0.5, 0.6) is 0 Å². The molecule has 0 heterocycles. The highest BCUT2D eigenvalue weighted by Gasteiger charge is 2.25. The average molecular weight is 286 g/mol. The molecular weight excluding hydrogens is 260 g/mol. The van der Waals surface area contributed by atoms with Crippen molar-refractivity contribution in [2.75, 3.05) is 0 Å². The lowest BCUT2D eigenvalue weighted by Gasteiger charge is -2.27. The highest BCUT2D eigenvalue weighted by atomic mass is 16.1. The number of rotatable bonds is 7. The topological polar surface area (TPSA) is 34.1 Å². The van der Waals surface area contributed by atoms with Crippen molar-refractivity contribution in [3.63, 3.8) is 0 Å². The van der Waals surface area contributed by atoms with E-state index in [2.05, 4.69) is 6.92 Å². The van der Waals surface area contributed by atoms with Gasteiger partial charge in [-0.15, -0.1) is 0 Å². The SMILES string of the molecule is CCC[C@H]1CC[C@H](C(=O)CCC(=O)c2ccccc2)CC1. The Morgan fingerprint density at radius 1 is 1.00 bits per heavy atom. The van der Waals surface area contributed by atoms with Crippen LogP contribution in [0, 0.1) is 11.8 Å². The molecule has 1 saturated carbocycles. The van der Waals surface area contributed by atoms with Gasteiger partial charge in [-0.05, 0) is 31.6 Å². The van der Waals surface area contributed by atoms with Gasteiger partial charge in [0.25, 0.3) is 0 Å². The standard InChI is InChI=1S/C19H26O2/c1-2-6-15-9-11-17(12-10-15)19(21)14-13-18(20)16-7-4-3-5-8-16/h3-5,7-8,15,17H,2,6,9-14H2,1H3/t15-,17-. The van der Waals surface area contributed by atoms with E-state index in [1.807, 2.05) is 30.3 Å². The Balaban J connectivity index is 1.74. The third-order valence-electron chi connectivity index (χ3n) is 4.69. The van der Waals surface area contributed by atoms with Crippen LogP contribution in [0.15, 0.2) is 30.3 Å². The summed E-state index contributed by atoms with van der Waals surface area (Å²) in [6.45, 7) is 2.23. The normalized spacial score (nSPS) is 22.0. The first-order valence-corrected chi connectivity index (χ1v) is 8.31. The van der Waals surface area contributed by atoms with Crippen LogP contribution in [-0.2, 0) is 4.79 Å². The Morgan fingerprint density at radius 2 is 1.67 bits per heavy atom. The first-order chi connectivity index (χ1) is 10.2. The number of carbonyl (C=O) groups excluding carboxylic acids is 2. The van der Waals surface area contributed by atoms with Crippen molar-refractivity contribution in [2.24, 2.45) is 11.8 Å². The van der Waals surface area contributed by atoms with Crippen molar-refractivity contribution >= 4 is 11.6 Å². The first-order valence-electron chi connectivity index (χ1n) is 8.31. The summed E-state index contributed by atoms with van der Waals surface area (Å²) in [4.78, 5) is 24.3. The lowest BCUT2D eigenvalue weighted by atomic mass is 9.77. The number of carbonyl (C=O) groups is 2. The third kappa shape index (κ3) is 4.80. The van der Waals surface area contributed by atoms with Gasteiger partial charge >= 0.3 is 0 Å². The van der Waals surface area contributed by atoms with Gasteiger partial charge in [0.05, 0.1) is 0 Å². The zero-order valence-electron chi connectivity index (χ0n) is 13.0. The Bertz CT molecular complexity index is 456. The van der Waals surface area contributed by atoms with Gasteiger partial charge in [0.1, 0.15) is 5.78 Å². The van der Waals surface area contributed by atoms with E-state index in [9.17, 15) is 9.59 Å². The van der Waals surface area contributed by atoms with Gasteiger partial charge in [-0.3, -0.25) is 9.59 Å². The molecule has 2 nitrogen and oxygen atoms in total. The van der Waals surface area contributed by atoms with Gasteiger partial charge in [-0.1, -0.05) is 50.1 Å². The summed E-state index contributed by atoms with van der Waals surface area (Å²) in [6, 6.07) is 9.27. The van der Waals surface area contributed by atoms with Gasteiger partial charge in [-0.2, -0.15) is 0 Å². The van der Waals surface area contributed by atoms with Crippen LogP contribution in [0.3, 0.4) is 0 Å². The minimum Gasteiger partial charge on any atom is -0.299 e. The summed E-state index contributed by atoms with van der Waals surface area (Å²) in [6.07, 6.45) is 7.76. The molecule has 0 atom stereocenters.